The number of aromatic amines is 1. The quantitative estimate of drug-likeness (QED) is 0.543. The molecule has 22 heavy (non-hydrogen) atoms. The first-order chi connectivity index (χ1) is 10.7. The van der Waals surface area contributed by atoms with Crippen LogP contribution in [0.15, 0.2) is 0 Å². The number of H-pyrrole nitrogens is 1. The van der Waals surface area contributed by atoms with Gasteiger partial charge in [0.05, 0.1) is 6.42 Å². The largest absolute Gasteiger partial charge is 0.393 e. The number of hydrogen-bond donors (Lipinski definition) is 2. The molecule has 3 rings (SSSR count). The Morgan fingerprint density at radius 1 is 1.27 bits per heavy atom. The molecule has 13 heteroatoms. The van der Waals surface area contributed by atoms with E-state index in [1.165, 1.54) is 0 Å². The van der Waals surface area contributed by atoms with E-state index in [1.54, 1.807) is 6.07 Å². The monoisotopic (exact) mass is 295 g/mol. The van der Waals surface area contributed by atoms with Crippen molar-refractivity contribution >= 4 is 11.9 Å². The van der Waals surface area contributed by atoms with Crippen molar-refractivity contribution in [3.05, 3.63) is 28.9 Å². The number of hydrogen-bond acceptors (Lipinski definition) is 10. The fourth-order valence-corrected chi connectivity index (χ4v) is 1.48. The molecule has 0 saturated carbocycles. The summed E-state index contributed by atoms with van der Waals surface area (Å²) in [6.45, 7) is 6.77. The summed E-state index contributed by atoms with van der Waals surface area (Å²) < 4.78 is 1.05. The Hall–Kier alpha value is -4.00. The molecule has 0 unspecified atom stereocenters. The summed E-state index contributed by atoms with van der Waals surface area (Å²) in [7, 11) is 0. The zero-order valence-corrected chi connectivity index (χ0v) is 10.7. The highest BCUT2D eigenvalue weighted by Crippen LogP contribution is 2.06. The molecule has 0 aliphatic carbocycles. The third-order valence-electron chi connectivity index (χ3n) is 2.38. The molecule has 3 heterocycles. The average Bonchev–Trinajstić information content (AvgIpc) is 3.14. The molecule has 0 spiro atoms. The van der Waals surface area contributed by atoms with E-state index in [1.807, 2.05) is 0 Å². The lowest BCUT2D eigenvalue weighted by atomic mass is 10.4. The Labute approximate surface area is 121 Å². The minimum Gasteiger partial charge on any atom is -0.393 e. The molecule has 13 nitrogen and oxygen atoms in total. The zero-order chi connectivity index (χ0) is 15.5. The Morgan fingerprint density at radius 2 is 2.05 bits per heavy atom. The summed E-state index contributed by atoms with van der Waals surface area (Å²) in [5.74, 6) is 0.495. The highest BCUT2D eigenvalue weighted by Gasteiger charge is 2.14. The molecule has 0 saturated heterocycles. The summed E-state index contributed by atoms with van der Waals surface area (Å²) in [6.07, 6.45) is 0.180. The van der Waals surface area contributed by atoms with Gasteiger partial charge in [-0.15, -0.1) is 37.0 Å². The van der Waals surface area contributed by atoms with Gasteiger partial charge >= 0.3 is 5.95 Å². The van der Waals surface area contributed by atoms with Gasteiger partial charge in [-0.1, -0.05) is 5.10 Å². The number of nitrogens with one attached hydrogen (secondary N) is 1. The molecule has 0 bridgehead atoms. The molecule has 0 aliphatic rings. The van der Waals surface area contributed by atoms with E-state index in [9.17, 15) is 0 Å². The van der Waals surface area contributed by atoms with Crippen LogP contribution in [0.25, 0.3) is 10.8 Å². The first-order valence-corrected chi connectivity index (χ1v) is 5.67. The summed E-state index contributed by atoms with van der Waals surface area (Å²) in [6, 6.07) is 1.75. The van der Waals surface area contributed by atoms with Gasteiger partial charge in [0, 0.05) is 0 Å². The Kier molecular flexibility index (Phi) is 3.06. The summed E-state index contributed by atoms with van der Waals surface area (Å²) in [5, 5.41) is 34.0. The maximum atomic E-state index is 8.70. The number of nitrogen functional groups attached to an aromatic ring is 1. The number of aromatic nitrogens is 10. The van der Waals surface area contributed by atoms with Crippen molar-refractivity contribution < 1.29 is 0 Å². The van der Waals surface area contributed by atoms with Gasteiger partial charge in [-0.05, 0) is 0 Å². The number of rotatable bonds is 3. The van der Waals surface area contributed by atoms with Crippen molar-refractivity contribution in [2.24, 2.45) is 0 Å². The second-order valence-electron chi connectivity index (χ2n) is 3.80. The van der Waals surface area contributed by atoms with Crippen LogP contribution in [0.2, 0.25) is 0 Å². The van der Waals surface area contributed by atoms with E-state index in [-0.39, 0.29) is 35.9 Å². The second-order valence-corrected chi connectivity index (χ2v) is 3.80. The van der Waals surface area contributed by atoms with Crippen LogP contribution in [0.4, 0.5) is 11.9 Å². The molecular formula is C9H5N13. The lowest BCUT2D eigenvalue weighted by Gasteiger charge is -1.98. The summed E-state index contributed by atoms with van der Waals surface area (Å²) >= 11 is 0. The van der Waals surface area contributed by atoms with Crippen molar-refractivity contribution in [1.82, 2.24) is 50.3 Å². The van der Waals surface area contributed by atoms with Crippen molar-refractivity contribution in [2.45, 2.75) is 6.42 Å². The Balaban J connectivity index is 1.82. The molecule has 0 radical (unpaired) electrons. The molecule has 3 aromatic rings. The predicted octanol–water partition coefficient (Wildman–Crippen LogP) is -1.44. The van der Waals surface area contributed by atoms with Crippen LogP contribution in [-0.2, 0) is 6.42 Å². The van der Waals surface area contributed by atoms with Gasteiger partial charge in [-0.25, -0.2) is 5.10 Å². The summed E-state index contributed by atoms with van der Waals surface area (Å²) in [4.78, 5) is 10.7. The molecule has 0 amide bonds. The predicted molar refractivity (Wildman–Crippen MR) is 67.1 cm³/mol. The lowest BCUT2D eigenvalue weighted by molar-refractivity contribution is 0.694. The Morgan fingerprint density at radius 3 is 2.64 bits per heavy atom. The van der Waals surface area contributed by atoms with Crippen molar-refractivity contribution in [2.75, 3.05) is 5.73 Å². The zero-order valence-electron chi connectivity index (χ0n) is 10.7. The molecule has 0 aliphatic heterocycles. The normalized spacial score (nSPS) is 10.1. The second kappa shape index (κ2) is 5.17. The first-order valence-electron chi connectivity index (χ1n) is 5.67. The van der Waals surface area contributed by atoms with Gasteiger partial charge in [-0.2, -0.15) is 14.9 Å². The van der Waals surface area contributed by atoms with Crippen LogP contribution in [0.1, 0.15) is 17.5 Å². The van der Waals surface area contributed by atoms with Gasteiger partial charge < -0.3 is 10.6 Å². The molecule has 0 aromatic carbocycles. The van der Waals surface area contributed by atoms with Gasteiger partial charge in [0.1, 0.15) is 6.07 Å². The van der Waals surface area contributed by atoms with Crippen LogP contribution >= 0.6 is 0 Å². The SMILES string of the molecule is [C-]#[N+]c1n[nH]c(Cc2nnc(-n3nc(C#N)nc3N)nn2)n1. The maximum absolute atomic E-state index is 8.70. The molecule has 0 fully saturated rings. The highest BCUT2D eigenvalue weighted by molar-refractivity contribution is 5.28. The fraction of sp³-hybridized carbons (Fsp3) is 0.111. The number of nitrogens with two attached hydrogens (primary N) is 1. The van der Waals surface area contributed by atoms with Crippen molar-refractivity contribution in [3.8, 4) is 12.0 Å². The molecule has 106 valence electrons. The van der Waals surface area contributed by atoms with Crippen LogP contribution in [0, 0.1) is 17.9 Å². The maximum Gasteiger partial charge on any atom is 0.393 e. The van der Waals surface area contributed by atoms with E-state index < -0.39 is 0 Å². The van der Waals surface area contributed by atoms with E-state index in [4.69, 9.17) is 17.6 Å². The van der Waals surface area contributed by atoms with Crippen LogP contribution < -0.4 is 5.73 Å². The highest BCUT2D eigenvalue weighted by atomic mass is 15.5. The van der Waals surface area contributed by atoms with Crippen LogP contribution in [0.3, 0.4) is 0 Å². The van der Waals surface area contributed by atoms with Gasteiger partial charge in [0.15, 0.2) is 5.82 Å². The number of anilines is 1. The van der Waals surface area contributed by atoms with Crippen molar-refractivity contribution in [1.29, 1.82) is 5.26 Å². The lowest BCUT2D eigenvalue weighted by Crippen LogP contribution is -2.12. The van der Waals surface area contributed by atoms with E-state index in [0.717, 1.165) is 4.68 Å². The third-order valence-corrected chi connectivity index (χ3v) is 2.38. The number of nitriles is 1. The van der Waals surface area contributed by atoms with E-state index in [0.29, 0.717) is 5.82 Å². The fourth-order valence-electron chi connectivity index (χ4n) is 1.48. The van der Waals surface area contributed by atoms with E-state index in [2.05, 4.69) is 50.5 Å². The van der Waals surface area contributed by atoms with E-state index >= 15 is 0 Å². The average molecular weight is 295 g/mol. The standard InChI is InChI=1S/C9H5N13/c1-12-8-14-4(15-18-8)2-5-16-19-9(20-17-5)22-7(11)13-6(3-10)21-22/h2H2,(H2,11,13,21)(H,14,15,18). The van der Waals surface area contributed by atoms with Crippen LogP contribution in [0.5, 0.6) is 0 Å². The van der Waals surface area contributed by atoms with Gasteiger partial charge in [0.25, 0.3) is 11.8 Å². The smallest absolute Gasteiger partial charge is 0.393 e. The Bertz CT molecular complexity index is 889. The molecule has 3 N–H and O–H groups in total. The molecule has 0 atom stereocenters. The number of nitrogens with zero attached hydrogens (tertiary/aromatic N) is 11. The first kappa shape index (κ1) is 13.0. The topological polar surface area (TPSA) is 178 Å². The molecule has 3 aromatic heterocycles. The third kappa shape index (κ3) is 2.37. The van der Waals surface area contributed by atoms with Crippen molar-refractivity contribution in [3.63, 3.8) is 0 Å². The minimum atomic E-state index is -0.112. The van der Waals surface area contributed by atoms with Crippen LogP contribution in [-0.4, -0.2) is 50.3 Å². The van der Waals surface area contributed by atoms with Gasteiger partial charge in [0.2, 0.25) is 11.8 Å². The van der Waals surface area contributed by atoms with Gasteiger partial charge in [-0.3, -0.25) is 0 Å². The minimum absolute atomic E-state index is 0.00644. The molecular weight excluding hydrogens is 290 g/mol. The summed E-state index contributed by atoms with van der Waals surface area (Å²) in [5.41, 5.74) is 5.58.